The van der Waals surface area contributed by atoms with Gasteiger partial charge < -0.3 is 9.84 Å². The van der Waals surface area contributed by atoms with Gasteiger partial charge in [-0.1, -0.05) is 38.1 Å². The molecule has 104 valence electrons. The van der Waals surface area contributed by atoms with E-state index in [2.05, 4.69) is 20.8 Å². The van der Waals surface area contributed by atoms with E-state index in [-0.39, 0.29) is 6.10 Å². The molecule has 0 bridgehead atoms. The average Bonchev–Trinajstić information content (AvgIpc) is 2.34. The van der Waals surface area contributed by atoms with Gasteiger partial charge in [0.25, 0.3) is 0 Å². The smallest absolute Gasteiger partial charge is 0.328 e. The Morgan fingerprint density at radius 3 is 2.42 bits per heavy atom. The van der Waals surface area contributed by atoms with Gasteiger partial charge >= 0.3 is 5.97 Å². The van der Waals surface area contributed by atoms with E-state index < -0.39 is 5.97 Å². The van der Waals surface area contributed by atoms with Crippen molar-refractivity contribution in [2.75, 3.05) is 0 Å². The predicted molar refractivity (Wildman–Crippen MR) is 76.8 cm³/mol. The third-order valence-electron chi connectivity index (χ3n) is 2.74. The lowest BCUT2D eigenvalue weighted by atomic mass is 10.1. The van der Waals surface area contributed by atoms with Gasteiger partial charge in [0.1, 0.15) is 0 Å². The normalized spacial score (nSPS) is 13.1. The van der Waals surface area contributed by atoms with Crippen LogP contribution >= 0.6 is 0 Å². The predicted octanol–water partition coefficient (Wildman–Crippen LogP) is 3.74. The van der Waals surface area contributed by atoms with Crippen molar-refractivity contribution >= 4 is 12.0 Å². The summed E-state index contributed by atoms with van der Waals surface area (Å²) in [5.41, 5.74) is 1.98. The van der Waals surface area contributed by atoms with E-state index in [1.807, 2.05) is 24.3 Å². The van der Waals surface area contributed by atoms with Crippen molar-refractivity contribution < 1.29 is 14.6 Å². The van der Waals surface area contributed by atoms with Gasteiger partial charge in [-0.3, -0.25) is 0 Å². The molecule has 0 aromatic heterocycles. The molecule has 3 heteroatoms. The molecule has 0 amide bonds. The van der Waals surface area contributed by atoms with E-state index in [1.54, 1.807) is 6.08 Å². The summed E-state index contributed by atoms with van der Waals surface area (Å²) in [6, 6.07) is 7.71. The fourth-order valence-corrected chi connectivity index (χ4v) is 1.86. The molecule has 19 heavy (non-hydrogen) atoms. The molecule has 1 N–H and O–H groups in total. The first-order valence-corrected chi connectivity index (χ1v) is 6.59. The second-order valence-electron chi connectivity index (χ2n) is 5.16. The Morgan fingerprint density at radius 2 is 1.89 bits per heavy atom. The van der Waals surface area contributed by atoms with Crippen molar-refractivity contribution in [3.8, 4) is 0 Å². The molecule has 1 atom stereocenters. The number of carbonyl (C=O) groups is 1. The molecule has 1 unspecified atom stereocenters. The maximum atomic E-state index is 10.4. The van der Waals surface area contributed by atoms with Gasteiger partial charge in [-0.05, 0) is 36.5 Å². The zero-order valence-corrected chi connectivity index (χ0v) is 11.8. The number of hydrogen-bond donors (Lipinski definition) is 1. The molecule has 1 aromatic carbocycles. The lowest BCUT2D eigenvalue weighted by molar-refractivity contribution is -0.131. The molecule has 1 aromatic rings. The lowest BCUT2D eigenvalue weighted by Gasteiger charge is -2.15. The standard InChI is InChI=1S/C16H22O3/c1-12(2)10-13(3)19-11-15-6-4-14(5-7-15)8-9-16(17)18/h4-9,12-13H,10-11H2,1-3H3,(H,17,18). The van der Waals surface area contributed by atoms with Crippen LogP contribution in [0.1, 0.15) is 38.3 Å². The van der Waals surface area contributed by atoms with Crippen LogP contribution in [0.2, 0.25) is 0 Å². The maximum Gasteiger partial charge on any atom is 0.328 e. The molecule has 0 radical (unpaired) electrons. The van der Waals surface area contributed by atoms with Gasteiger partial charge in [-0.25, -0.2) is 4.79 Å². The molecular weight excluding hydrogens is 240 g/mol. The molecule has 0 spiro atoms. The van der Waals surface area contributed by atoms with Crippen LogP contribution in [-0.4, -0.2) is 17.2 Å². The Hall–Kier alpha value is -1.61. The molecule has 0 aliphatic rings. The van der Waals surface area contributed by atoms with E-state index in [0.717, 1.165) is 23.6 Å². The number of ether oxygens (including phenoxy) is 1. The Labute approximate surface area is 114 Å². The maximum absolute atomic E-state index is 10.4. The van der Waals surface area contributed by atoms with Gasteiger partial charge in [-0.2, -0.15) is 0 Å². The van der Waals surface area contributed by atoms with Crippen LogP contribution in [0, 0.1) is 5.92 Å². The molecule has 0 saturated carbocycles. The summed E-state index contributed by atoms with van der Waals surface area (Å²) in [5.74, 6) is -0.298. The Morgan fingerprint density at radius 1 is 1.26 bits per heavy atom. The number of benzene rings is 1. The minimum absolute atomic E-state index is 0.256. The van der Waals surface area contributed by atoms with Crippen molar-refractivity contribution in [2.24, 2.45) is 5.92 Å². The van der Waals surface area contributed by atoms with Crippen LogP contribution in [-0.2, 0) is 16.1 Å². The highest BCUT2D eigenvalue weighted by Gasteiger charge is 2.05. The first-order valence-electron chi connectivity index (χ1n) is 6.59. The van der Waals surface area contributed by atoms with Gasteiger partial charge in [0.2, 0.25) is 0 Å². The van der Waals surface area contributed by atoms with Crippen molar-refractivity contribution in [2.45, 2.75) is 39.9 Å². The summed E-state index contributed by atoms with van der Waals surface area (Å²) in [4.78, 5) is 10.4. The third kappa shape index (κ3) is 6.77. The molecule has 3 nitrogen and oxygen atoms in total. The third-order valence-corrected chi connectivity index (χ3v) is 2.74. The lowest BCUT2D eigenvalue weighted by Crippen LogP contribution is -2.11. The molecule has 0 heterocycles. The molecule has 1 rings (SSSR count). The van der Waals surface area contributed by atoms with Crippen LogP contribution in [0.15, 0.2) is 30.3 Å². The Balaban J connectivity index is 2.46. The highest BCUT2D eigenvalue weighted by molar-refractivity contribution is 5.85. The van der Waals surface area contributed by atoms with Gasteiger partial charge in [0.15, 0.2) is 0 Å². The minimum atomic E-state index is -0.935. The molecule has 0 aliphatic heterocycles. The van der Waals surface area contributed by atoms with E-state index in [1.165, 1.54) is 0 Å². The molecule has 0 saturated heterocycles. The fraction of sp³-hybridized carbons (Fsp3) is 0.438. The highest BCUT2D eigenvalue weighted by Crippen LogP contribution is 2.12. The highest BCUT2D eigenvalue weighted by atomic mass is 16.5. The molecule has 0 fully saturated rings. The second kappa shape index (κ2) is 7.74. The first-order chi connectivity index (χ1) is 8.97. The van der Waals surface area contributed by atoms with Crippen molar-refractivity contribution in [3.63, 3.8) is 0 Å². The molecular formula is C16H22O3. The van der Waals surface area contributed by atoms with E-state index in [0.29, 0.717) is 12.5 Å². The summed E-state index contributed by atoms with van der Waals surface area (Å²) < 4.78 is 5.76. The van der Waals surface area contributed by atoms with Crippen LogP contribution in [0.25, 0.3) is 6.08 Å². The van der Waals surface area contributed by atoms with E-state index in [4.69, 9.17) is 9.84 Å². The SMILES string of the molecule is CC(C)CC(C)OCc1ccc(C=CC(=O)O)cc1. The summed E-state index contributed by atoms with van der Waals surface area (Å²) in [6.45, 7) is 7.05. The fourth-order valence-electron chi connectivity index (χ4n) is 1.86. The van der Waals surface area contributed by atoms with Gasteiger partial charge in [0, 0.05) is 6.08 Å². The van der Waals surface area contributed by atoms with Crippen LogP contribution in [0.3, 0.4) is 0 Å². The van der Waals surface area contributed by atoms with Crippen molar-refractivity contribution in [3.05, 3.63) is 41.5 Å². The zero-order chi connectivity index (χ0) is 14.3. The van der Waals surface area contributed by atoms with Crippen LogP contribution in [0.4, 0.5) is 0 Å². The Bertz CT molecular complexity index is 418. The van der Waals surface area contributed by atoms with Crippen LogP contribution in [0.5, 0.6) is 0 Å². The van der Waals surface area contributed by atoms with Crippen molar-refractivity contribution in [1.82, 2.24) is 0 Å². The Kier molecular flexibility index (Phi) is 6.30. The number of carboxylic acids is 1. The monoisotopic (exact) mass is 262 g/mol. The van der Waals surface area contributed by atoms with E-state index >= 15 is 0 Å². The molecule has 0 aliphatic carbocycles. The summed E-state index contributed by atoms with van der Waals surface area (Å²) in [7, 11) is 0. The average molecular weight is 262 g/mol. The van der Waals surface area contributed by atoms with Gasteiger partial charge in [-0.15, -0.1) is 0 Å². The topological polar surface area (TPSA) is 46.5 Å². The number of aliphatic carboxylic acids is 1. The summed E-state index contributed by atoms with van der Waals surface area (Å²) in [5, 5.41) is 8.54. The minimum Gasteiger partial charge on any atom is -0.478 e. The quantitative estimate of drug-likeness (QED) is 0.761. The zero-order valence-electron chi connectivity index (χ0n) is 11.8. The van der Waals surface area contributed by atoms with E-state index in [9.17, 15) is 4.79 Å². The number of hydrogen-bond acceptors (Lipinski definition) is 2. The van der Waals surface area contributed by atoms with Crippen molar-refractivity contribution in [1.29, 1.82) is 0 Å². The summed E-state index contributed by atoms with van der Waals surface area (Å²) >= 11 is 0. The number of rotatable bonds is 7. The number of carboxylic acid groups (broad SMARTS) is 1. The second-order valence-corrected chi connectivity index (χ2v) is 5.16. The van der Waals surface area contributed by atoms with Gasteiger partial charge in [0.05, 0.1) is 12.7 Å². The first kappa shape index (κ1) is 15.4. The largest absolute Gasteiger partial charge is 0.478 e. The summed E-state index contributed by atoms with van der Waals surface area (Å²) in [6.07, 6.45) is 4.02. The van der Waals surface area contributed by atoms with Crippen LogP contribution < -0.4 is 0 Å².